The number of hydrogen-bond donors (Lipinski definition) is 4. The van der Waals surface area contributed by atoms with Crippen LogP contribution in [0.3, 0.4) is 0 Å². The zero-order valence-electron chi connectivity index (χ0n) is 21.0. The van der Waals surface area contributed by atoms with Gasteiger partial charge in [-0.1, -0.05) is 54.4 Å². The van der Waals surface area contributed by atoms with Crippen LogP contribution < -0.4 is 11.9 Å². The normalized spacial score (nSPS) is 11.8. The molecule has 0 radical (unpaired) electrons. The molecule has 0 spiro atoms. The molecule has 0 aliphatic rings. The van der Waals surface area contributed by atoms with E-state index in [-0.39, 0.29) is 17.5 Å². The van der Waals surface area contributed by atoms with Gasteiger partial charge in [0.15, 0.2) is 0 Å². The molecule has 0 amide bonds. The predicted octanol–water partition coefficient (Wildman–Crippen LogP) is 5.15. The molecule has 0 fully saturated rings. The minimum Gasteiger partial charge on any atom is -0.480 e. The van der Waals surface area contributed by atoms with E-state index in [0.29, 0.717) is 18.6 Å². The summed E-state index contributed by atoms with van der Waals surface area (Å²) in [6, 6.07) is 0. The van der Waals surface area contributed by atoms with Crippen molar-refractivity contribution in [3.8, 4) is 0 Å². The number of carboxylic acids is 1. The van der Waals surface area contributed by atoms with Crippen molar-refractivity contribution >= 4 is 23.5 Å². The van der Waals surface area contributed by atoms with Gasteiger partial charge < -0.3 is 26.8 Å². The van der Waals surface area contributed by atoms with Gasteiger partial charge in [0.2, 0.25) is 0 Å². The molecule has 0 saturated heterocycles. The molecule has 0 unspecified atom stereocenters. The standard InChI is InChI=1S/C11H21ClO2.C7H16O.C4H9NO2.H3N/c1-6-10(2,3)7-8-14-9(13)11(4,5)12;1-4-7(2,3)5-6-8;1-4(2,5)3(6)7;/h6-8H2,1-5H3;8H,4-6H2,1-3H3;5H2,1-2H3,(H,6,7);1H3. The molecule has 0 aliphatic heterocycles. The molecule has 0 aliphatic carbocycles. The zero-order valence-corrected chi connectivity index (χ0v) is 21.8. The molecule has 0 saturated carbocycles. The Morgan fingerprint density at radius 1 is 0.900 bits per heavy atom. The average molecular weight is 457 g/mol. The first-order chi connectivity index (χ1) is 12.8. The monoisotopic (exact) mass is 456 g/mol. The summed E-state index contributed by atoms with van der Waals surface area (Å²) in [7, 11) is 0. The Kier molecular flexibility index (Phi) is 19.3. The Bertz CT molecular complexity index is 467. The summed E-state index contributed by atoms with van der Waals surface area (Å²) >= 11 is 5.79. The Morgan fingerprint density at radius 2 is 1.23 bits per heavy atom. The van der Waals surface area contributed by atoms with Crippen LogP contribution >= 0.6 is 11.6 Å². The largest absolute Gasteiger partial charge is 0.480 e. The molecule has 0 aromatic carbocycles. The van der Waals surface area contributed by atoms with Gasteiger partial charge in [-0.15, -0.1) is 11.6 Å². The molecule has 0 atom stereocenters. The summed E-state index contributed by atoms with van der Waals surface area (Å²) in [5.74, 6) is -1.32. The minimum absolute atomic E-state index is 0. The van der Waals surface area contributed by atoms with Crippen molar-refractivity contribution in [1.82, 2.24) is 6.15 Å². The summed E-state index contributed by atoms with van der Waals surface area (Å²) < 4.78 is 5.07. The smallest absolute Gasteiger partial charge is 0.326 e. The number of nitrogens with two attached hydrogens (primary N) is 1. The van der Waals surface area contributed by atoms with E-state index in [9.17, 15) is 9.59 Å². The number of carbonyl (C=O) groups is 2. The first-order valence-corrected chi connectivity index (χ1v) is 10.6. The van der Waals surface area contributed by atoms with E-state index in [0.717, 1.165) is 25.7 Å². The molecule has 0 aromatic rings. The van der Waals surface area contributed by atoms with E-state index in [1.54, 1.807) is 13.8 Å². The van der Waals surface area contributed by atoms with Crippen molar-refractivity contribution < 1.29 is 24.5 Å². The van der Waals surface area contributed by atoms with Gasteiger partial charge in [-0.05, 0) is 51.4 Å². The van der Waals surface area contributed by atoms with Crippen LogP contribution in [0.2, 0.25) is 0 Å². The highest BCUT2D eigenvalue weighted by Crippen LogP contribution is 2.25. The fourth-order valence-electron chi connectivity index (χ4n) is 1.25. The van der Waals surface area contributed by atoms with Crippen LogP contribution in [0.5, 0.6) is 0 Å². The number of carbonyl (C=O) groups excluding carboxylic acids is 1. The van der Waals surface area contributed by atoms with Gasteiger partial charge in [-0.3, -0.25) is 9.59 Å². The summed E-state index contributed by atoms with van der Waals surface area (Å²) in [5, 5.41) is 16.7. The lowest BCUT2D eigenvalue weighted by atomic mass is 9.87. The number of halogens is 1. The van der Waals surface area contributed by atoms with Gasteiger partial charge in [0.1, 0.15) is 10.4 Å². The Labute approximate surface area is 189 Å². The highest BCUT2D eigenvalue weighted by atomic mass is 35.5. The number of aliphatic hydroxyl groups is 1. The van der Waals surface area contributed by atoms with Gasteiger partial charge in [0, 0.05) is 6.61 Å². The van der Waals surface area contributed by atoms with E-state index in [1.807, 2.05) is 0 Å². The topological polar surface area (TPSA) is 145 Å². The lowest BCUT2D eigenvalue weighted by Gasteiger charge is -2.23. The Balaban J connectivity index is -0.000000181. The highest BCUT2D eigenvalue weighted by molar-refractivity contribution is 6.33. The second-order valence-electron chi connectivity index (χ2n) is 9.89. The van der Waals surface area contributed by atoms with Crippen LogP contribution in [-0.4, -0.2) is 45.8 Å². The van der Waals surface area contributed by atoms with E-state index >= 15 is 0 Å². The number of hydrogen-bond acceptors (Lipinski definition) is 6. The summed E-state index contributed by atoms with van der Waals surface area (Å²) in [5.41, 5.74) is 4.57. The van der Waals surface area contributed by atoms with Crippen molar-refractivity contribution in [3.63, 3.8) is 0 Å². The van der Waals surface area contributed by atoms with Crippen molar-refractivity contribution in [2.24, 2.45) is 16.6 Å². The van der Waals surface area contributed by atoms with Gasteiger partial charge in [-0.2, -0.15) is 0 Å². The van der Waals surface area contributed by atoms with Crippen molar-refractivity contribution in [2.75, 3.05) is 13.2 Å². The zero-order chi connectivity index (χ0) is 24.1. The number of aliphatic hydroxyl groups excluding tert-OH is 1. The van der Waals surface area contributed by atoms with Crippen LogP contribution in [0.25, 0.3) is 0 Å². The van der Waals surface area contributed by atoms with Crippen LogP contribution in [0.4, 0.5) is 0 Å². The van der Waals surface area contributed by atoms with E-state index in [1.165, 1.54) is 13.8 Å². The number of carboxylic acid groups (broad SMARTS) is 1. The van der Waals surface area contributed by atoms with Gasteiger partial charge in [-0.25, -0.2) is 0 Å². The first kappa shape index (κ1) is 36.5. The molecule has 0 aromatic heterocycles. The molecular formula is C22H49ClN2O5. The third-order valence-electron chi connectivity index (χ3n) is 4.75. The van der Waals surface area contributed by atoms with Crippen LogP contribution in [0.15, 0.2) is 0 Å². The maximum absolute atomic E-state index is 11.3. The third kappa shape index (κ3) is 23.4. The molecule has 30 heavy (non-hydrogen) atoms. The quantitative estimate of drug-likeness (QED) is 0.277. The van der Waals surface area contributed by atoms with Crippen LogP contribution in [0, 0.1) is 10.8 Å². The van der Waals surface area contributed by atoms with Crippen molar-refractivity contribution in [2.45, 2.75) is 105 Å². The molecule has 8 heteroatoms. The lowest BCUT2D eigenvalue weighted by molar-refractivity contribution is -0.146. The maximum atomic E-state index is 11.3. The van der Waals surface area contributed by atoms with Crippen LogP contribution in [0.1, 0.15) is 94.9 Å². The molecular weight excluding hydrogens is 408 g/mol. The highest BCUT2D eigenvalue weighted by Gasteiger charge is 2.26. The van der Waals surface area contributed by atoms with Crippen molar-refractivity contribution in [3.05, 3.63) is 0 Å². The molecule has 0 rings (SSSR count). The van der Waals surface area contributed by atoms with E-state index in [2.05, 4.69) is 41.5 Å². The second kappa shape index (κ2) is 15.8. The molecule has 7 nitrogen and oxygen atoms in total. The number of ether oxygens (including phenoxy) is 1. The van der Waals surface area contributed by atoms with Gasteiger partial charge in [0.25, 0.3) is 0 Å². The summed E-state index contributed by atoms with van der Waals surface area (Å²) in [6.07, 6.45) is 4.02. The maximum Gasteiger partial charge on any atom is 0.326 e. The SMILES string of the molecule is CC(C)(N)C(=O)O.CCC(C)(C)CCO.CCC(C)(C)CCOC(=O)C(C)(C)Cl.N. The van der Waals surface area contributed by atoms with Gasteiger partial charge in [0.05, 0.1) is 6.61 Å². The summed E-state index contributed by atoms with van der Waals surface area (Å²) in [4.78, 5) is 20.3. The molecule has 184 valence electrons. The Hall–Kier alpha value is -0.890. The average Bonchev–Trinajstić information content (AvgIpc) is 2.54. The lowest BCUT2D eigenvalue weighted by Crippen LogP contribution is -2.41. The predicted molar refractivity (Wildman–Crippen MR) is 126 cm³/mol. The van der Waals surface area contributed by atoms with Crippen LogP contribution in [-0.2, 0) is 14.3 Å². The van der Waals surface area contributed by atoms with E-state index < -0.39 is 16.4 Å². The molecule has 0 bridgehead atoms. The molecule has 7 N–H and O–H groups in total. The van der Waals surface area contributed by atoms with Gasteiger partial charge >= 0.3 is 11.9 Å². The molecule has 0 heterocycles. The Morgan fingerprint density at radius 3 is 1.43 bits per heavy atom. The minimum atomic E-state index is -1.08. The number of alkyl halides is 1. The first-order valence-electron chi connectivity index (χ1n) is 10.2. The third-order valence-corrected chi connectivity index (χ3v) is 4.91. The van der Waals surface area contributed by atoms with Crippen molar-refractivity contribution in [1.29, 1.82) is 0 Å². The summed E-state index contributed by atoms with van der Waals surface area (Å²) in [6.45, 7) is 19.9. The number of esters is 1. The number of rotatable bonds is 9. The fourth-order valence-corrected chi connectivity index (χ4v) is 1.30. The number of aliphatic carboxylic acids is 1. The second-order valence-corrected chi connectivity index (χ2v) is 10.8. The van der Waals surface area contributed by atoms with E-state index in [4.69, 9.17) is 32.3 Å². The fraction of sp³-hybridized carbons (Fsp3) is 0.909.